The maximum atomic E-state index is 12.3. The van der Waals surface area contributed by atoms with Crippen molar-refractivity contribution in [2.24, 2.45) is 5.14 Å². The molecule has 1 atom stereocenters. The summed E-state index contributed by atoms with van der Waals surface area (Å²) in [7, 11) is -4.09. The second-order valence-electron chi connectivity index (χ2n) is 5.47. The summed E-state index contributed by atoms with van der Waals surface area (Å²) in [5.41, 5.74) is 1.34. The lowest BCUT2D eigenvalue weighted by Gasteiger charge is -2.13. The Morgan fingerprint density at radius 1 is 1.08 bits per heavy atom. The number of hydrogen-bond donors (Lipinski definition) is 1. The summed E-state index contributed by atoms with van der Waals surface area (Å²) in [6.07, 6.45) is -1.04. The minimum Gasteiger partial charge on any atom is -0.451 e. The molecule has 0 aliphatic carbocycles. The molecule has 1 unspecified atom stereocenters. The van der Waals surface area contributed by atoms with Gasteiger partial charge >= 0.3 is 5.97 Å². The zero-order chi connectivity index (χ0) is 18.8. The van der Waals surface area contributed by atoms with E-state index in [1.165, 1.54) is 19.1 Å². The number of aryl methyl sites for hydroxylation is 1. The molecule has 2 aromatic rings. The molecule has 0 saturated carbocycles. The molecule has 0 radical (unpaired) electrons. The number of primary sulfonamides is 1. The number of benzene rings is 2. The molecular weight excluding hydrogens is 366 g/mol. The van der Waals surface area contributed by atoms with Gasteiger partial charge in [-0.1, -0.05) is 41.4 Å². The monoisotopic (exact) mass is 381 g/mol. The van der Waals surface area contributed by atoms with Crippen molar-refractivity contribution >= 4 is 33.4 Å². The number of esters is 1. The van der Waals surface area contributed by atoms with E-state index >= 15 is 0 Å². The molecule has 0 amide bonds. The Hall–Kier alpha value is -2.22. The van der Waals surface area contributed by atoms with Crippen LogP contribution in [0.25, 0.3) is 0 Å². The lowest BCUT2D eigenvalue weighted by Crippen LogP contribution is -2.24. The zero-order valence-corrected chi connectivity index (χ0v) is 15.1. The minimum absolute atomic E-state index is 0.0722. The van der Waals surface area contributed by atoms with Crippen LogP contribution in [0.5, 0.6) is 0 Å². The number of ketones is 1. The van der Waals surface area contributed by atoms with E-state index < -0.39 is 22.1 Å². The third kappa shape index (κ3) is 4.66. The van der Waals surface area contributed by atoms with Crippen LogP contribution in [-0.2, 0) is 14.8 Å². The molecule has 0 spiro atoms. The number of sulfonamides is 1. The number of halogens is 1. The Kier molecular flexibility index (Phi) is 5.62. The average Bonchev–Trinajstić information content (AvgIpc) is 2.54. The first-order chi connectivity index (χ1) is 11.6. The highest BCUT2D eigenvalue weighted by atomic mass is 35.5. The van der Waals surface area contributed by atoms with E-state index in [0.717, 1.165) is 11.6 Å². The summed E-state index contributed by atoms with van der Waals surface area (Å²) in [6.45, 7) is 3.33. The molecule has 8 heteroatoms. The SMILES string of the molecule is Cc1ccc(C(=O)C(C)OC(=O)c2ccc(Cl)c(S(N)(=O)=O)c2)cc1. The normalized spacial score (nSPS) is 12.5. The molecule has 0 aliphatic rings. The van der Waals surface area contributed by atoms with E-state index in [1.807, 2.05) is 6.92 Å². The predicted octanol–water partition coefficient (Wildman–Crippen LogP) is 2.72. The number of nitrogens with two attached hydrogens (primary N) is 1. The largest absolute Gasteiger partial charge is 0.451 e. The van der Waals surface area contributed by atoms with Crippen molar-refractivity contribution in [1.29, 1.82) is 0 Å². The number of carbonyl (C=O) groups excluding carboxylic acids is 2. The Morgan fingerprint density at radius 3 is 2.20 bits per heavy atom. The zero-order valence-electron chi connectivity index (χ0n) is 13.5. The molecule has 0 fully saturated rings. The van der Waals surface area contributed by atoms with Crippen molar-refractivity contribution in [3.8, 4) is 0 Å². The van der Waals surface area contributed by atoms with E-state index in [9.17, 15) is 18.0 Å². The van der Waals surface area contributed by atoms with E-state index in [2.05, 4.69) is 0 Å². The molecule has 2 aromatic carbocycles. The molecule has 0 aliphatic heterocycles. The molecule has 0 heterocycles. The van der Waals surface area contributed by atoms with Crippen molar-refractivity contribution in [2.45, 2.75) is 24.8 Å². The van der Waals surface area contributed by atoms with Crippen LogP contribution >= 0.6 is 11.6 Å². The van der Waals surface area contributed by atoms with Crippen molar-refractivity contribution < 1.29 is 22.7 Å². The van der Waals surface area contributed by atoms with E-state index in [0.29, 0.717) is 5.56 Å². The van der Waals surface area contributed by atoms with Gasteiger partial charge in [0, 0.05) is 5.56 Å². The van der Waals surface area contributed by atoms with Crippen LogP contribution in [0.2, 0.25) is 5.02 Å². The van der Waals surface area contributed by atoms with Gasteiger partial charge in [-0.2, -0.15) is 0 Å². The fourth-order valence-electron chi connectivity index (χ4n) is 2.08. The van der Waals surface area contributed by atoms with E-state index in [-0.39, 0.29) is 21.3 Å². The Bertz CT molecular complexity index is 923. The Morgan fingerprint density at radius 2 is 1.64 bits per heavy atom. The number of rotatable bonds is 5. The van der Waals surface area contributed by atoms with Crippen molar-refractivity contribution in [3.63, 3.8) is 0 Å². The van der Waals surface area contributed by atoms with Gasteiger partial charge in [0.25, 0.3) is 0 Å². The minimum atomic E-state index is -4.09. The van der Waals surface area contributed by atoms with Crippen LogP contribution in [0.3, 0.4) is 0 Å². The van der Waals surface area contributed by atoms with Crippen molar-refractivity contribution in [3.05, 3.63) is 64.2 Å². The van der Waals surface area contributed by atoms with Crippen molar-refractivity contribution in [1.82, 2.24) is 0 Å². The number of hydrogen-bond acceptors (Lipinski definition) is 5. The van der Waals surface area contributed by atoms with Crippen LogP contribution in [0.1, 0.15) is 33.2 Å². The second kappa shape index (κ2) is 7.35. The number of ether oxygens (including phenoxy) is 1. The third-order valence-electron chi connectivity index (χ3n) is 3.46. The molecule has 2 N–H and O–H groups in total. The smallest absolute Gasteiger partial charge is 0.338 e. The van der Waals surface area contributed by atoms with Crippen LogP contribution < -0.4 is 5.14 Å². The van der Waals surface area contributed by atoms with Gasteiger partial charge in [0.15, 0.2) is 6.10 Å². The van der Waals surface area contributed by atoms with E-state index in [1.54, 1.807) is 24.3 Å². The van der Waals surface area contributed by atoms with Gasteiger partial charge in [0.05, 0.1) is 10.6 Å². The van der Waals surface area contributed by atoms with Crippen LogP contribution in [-0.4, -0.2) is 26.3 Å². The first-order valence-electron chi connectivity index (χ1n) is 7.24. The van der Waals surface area contributed by atoms with Crippen LogP contribution in [0.4, 0.5) is 0 Å². The quantitative estimate of drug-likeness (QED) is 0.633. The standard InChI is InChI=1S/C17H16ClNO5S/c1-10-3-5-12(6-4-10)16(20)11(2)24-17(21)13-7-8-14(18)15(9-13)25(19,22)23/h3-9,11H,1-2H3,(H2,19,22,23). The highest BCUT2D eigenvalue weighted by Gasteiger charge is 2.22. The highest BCUT2D eigenvalue weighted by molar-refractivity contribution is 7.89. The third-order valence-corrected chi connectivity index (χ3v) is 4.86. The molecule has 2 rings (SSSR count). The van der Waals surface area contributed by atoms with Gasteiger partial charge in [0.2, 0.25) is 15.8 Å². The van der Waals surface area contributed by atoms with Gasteiger partial charge < -0.3 is 4.74 Å². The van der Waals surface area contributed by atoms with Gasteiger partial charge in [-0.25, -0.2) is 18.4 Å². The topological polar surface area (TPSA) is 104 Å². The Balaban J connectivity index is 2.19. The molecule has 25 heavy (non-hydrogen) atoms. The fourth-order valence-corrected chi connectivity index (χ4v) is 3.15. The summed E-state index contributed by atoms with van der Waals surface area (Å²) in [4.78, 5) is 24.1. The molecular formula is C17H16ClNO5S. The highest BCUT2D eigenvalue weighted by Crippen LogP contribution is 2.22. The van der Waals surface area contributed by atoms with Gasteiger partial charge in [-0.05, 0) is 32.0 Å². The van der Waals surface area contributed by atoms with E-state index in [4.69, 9.17) is 21.5 Å². The summed E-state index contributed by atoms with van der Waals surface area (Å²) < 4.78 is 28.0. The summed E-state index contributed by atoms with van der Waals surface area (Å²) in [5, 5.41) is 4.94. The van der Waals surface area contributed by atoms with Crippen molar-refractivity contribution in [2.75, 3.05) is 0 Å². The second-order valence-corrected chi connectivity index (χ2v) is 7.41. The molecule has 0 aromatic heterocycles. The first-order valence-corrected chi connectivity index (χ1v) is 9.16. The molecule has 0 bridgehead atoms. The lowest BCUT2D eigenvalue weighted by molar-refractivity contribution is 0.0318. The average molecular weight is 382 g/mol. The maximum absolute atomic E-state index is 12.3. The molecule has 6 nitrogen and oxygen atoms in total. The molecule has 0 saturated heterocycles. The van der Waals surface area contributed by atoms with Gasteiger partial charge in [-0.15, -0.1) is 0 Å². The van der Waals surface area contributed by atoms with Gasteiger partial charge in [-0.3, -0.25) is 4.79 Å². The summed E-state index contributed by atoms with van der Waals surface area (Å²) in [6, 6.07) is 10.4. The lowest BCUT2D eigenvalue weighted by atomic mass is 10.1. The predicted molar refractivity (Wildman–Crippen MR) is 93.2 cm³/mol. The molecule has 132 valence electrons. The van der Waals surface area contributed by atoms with Gasteiger partial charge in [0.1, 0.15) is 4.90 Å². The van der Waals surface area contributed by atoms with Crippen LogP contribution in [0.15, 0.2) is 47.4 Å². The maximum Gasteiger partial charge on any atom is 0.338 e. The Labute approximate surface area is 150 Å². The summed E-state index contributed by atoms with van der Waals surface area (Å²) >= 11 is 5.77. The summed E-state index contributed by atoms with van der Waals surface area (Å²) in [5.74, 6) is -1.22. The van der Waals surface area contributed by atoms with Crippen LogP contribution in [0, 0.1) is 6.92 Å². The fraction of sp³-hybridized carbons (Fsp3) is 0.176. The number of carbonyl (C=O) groups is 2. The number of Topliss-reactive ketones (excluding diaryl/α,β-unsaturated/α-hetero) is 1. The first kappa shape index (κ1) is 19.1.